The number of halogens is 3. The number of amides is 3. The van der Waals surface area contributed by atoms with Crippen molar-refractivity contribution in [3.63, 3.8) is 0 Å². The molecule has 142 valence electrons. The van der Waals surface area contributed by atoms with Gasteiger partial charge in [0.2, 0.25) is 11.8 Å². The molecule has 0 radical (unpaired) electrons. The highest BCUT2D eigenvalue weighted by Crippen LogP contribution is 2.29. The van der Waals surface area contributed by atoms with Gasteiger partial charge in [-0.05, 0) is 30.3 Å². The molecule has 0 spiro atoms. The van der Waals surface area contributed by atoms with Crippen molar-refractivity contribution in [1.82, 2.24) is 10.2 Å². The van der Waals surface area contributed by atoms with Gasteiger partial charge in [0.1, 0.15) is 0 Å². The summed E-state index contributed by atoms with van der Waals surface area (Å²) in [7, 11) is 1.46. The third-order valence-electron chi connectivity index (χ3n) is 3.52. The van der Waals surface area contributed by atoms with Crippen LogP contribution in [0.1, 0.15) is 10.4 Å². The number of carbonyl (C=O) groups is 3. The molecule has 0 aliphatic rings. The molecule has 0 aliphatic carbocycles. The molecular formula is C18H16BrCl2N3O3. The fraction of sp³-hybridized carbons (Fsp3) is 0.167. The van der Waals surface area contributed by atoms with Gasteiger partial charge in [-0.25, -0.2) is 0 Å². The standard InChI is InChI=1S/C18H16BrCl2N3O3/c1-24(10-15(25)23-17-13(20)6-3-7-14(17)21)16(26)9-22-18(27)11-4-2-5-12(19)8-11/h2-8H,9-10H2,1H3,(H,22,27)(H,23,25). The fourth-order valence-corrected chi connectivity index (χ4v) is 3.01. The van der Waals surface area contributed by atoms with E-state index in [1.54, 1.807) is 42.5 Å². The number of likely N-dealkylation sites (N-methyl/N-ethyl adjacent to an activating group) is 1. The summed E-state index contributed by atoms with van der Waals surface area (Å²) in [6.45, 7) is -0.449. The van der Waals surface area contributed by atoms with E-state index < -0.39 is 11.8 Å². The van der Waals surface area contributed by atoms with Gasteiger partial charge in [0, 0.05) is 17.1 Å². The summed E-state index contributed by atoms with van der Waals surface area (Å²) in [4.78, 5) is 37.5. The first-order valence-electron chi connectivity index (χ1n) is 7.79. The van der Waals surface area contributed by atoms with Gasteiger partial charge in [0.15, 0.2) is 0 Å². The molecule has 2 rings (SSSR count). The Morgan fingerprint density at radius 2 is 1.70 bits per heavy atom. The Labute approximate surface area is 174 Å². The first-order valence-corrected chi connectivity index (χ1v) is 9.34. The quantitative estimate of drug-likeness (QED) is 0.674. The van der Waals surface area contributed by atoms with E-state index in [-0.39, 0.29) is 24.7 Å². The van der Waals surface area contributed by atoms with Crippen molar-refractivity contribution in [2.45, 2.75) is 0 Å². The van der Waals surface area contributed by atoms with Crippen LogP contribution in [0, 0.1) is 0 Å². The lowest BCUT2D eigenvalue weighted by Gasteiger charge is -2.18. The second kappa shape index (κ2) is 9.73. The maximum atomic E-state index is 12.1. The van der Waals surface area contributed by atoms with Crippen molar-refractivity contribution >= 4 is 62.5 Å². The Morgan fingerprint density at radius 3 is 2.33 bits per heavy atom. The van der Waals surface area contributed by atoms with Crippen LogP contribution in [0.25, 0.3) is 0 Å². The summed E-state index contributed by atoms with van der Waals surface area (Å²) in [5.74, 6) is -1.26. The largest absolute Gasteiger partial charge is 0.343 e. The van der Waals surface area contributed by atoms with Crippen LogP contribution in [0.15, 0.2) is 46.9 Å². The van der Waals surface area contributed by atoms with Crippen LogP contribution in [0.2, 0.25) is 10.0 Å². The molecule has 0 unspecified atom stereocenters. The predicted octanol–water partition coefficient (Wildman–Crippen LogP) is 3.58. The summed E-state index contributed by atoms with van der Waals surface area (Å²) in [6, 6.07) is 11.6. The molecule has 0 fully saturated rings. The van der Waals surface area contributed by atoms with Crippen LogP contribution in [0.5, 0.6) is 0 Å². The molecule has 27 heavy (non-hydrogen) atoms. The number of benzene rings is 2. The molecule has 0 heterocycles. The molecule has 3 amide bonds. The Hall–Kier alpha value is -2.09. The summed E-state index contributed by atoms with van der Waals surface area (Å²) < 4.78 is 0.758. The van der Waals surface area contributed by atoms with E-state index >= 15 is 0 Å². The number of hydrogen-bond acceptors (Lipinski definition) is 3. The second-order valence-electron chi connectivity index (χ2n) is 5.59. The summed E-state index contributed by atoms with van der Waals surface area (Å²) in [6.07, 6.45) is 0. The van der Waals surface area contributed by atoms with E-state index in [0.717, 1.165) is 4.47 Å². The number of rotatable bonds is 6. The summed E-state index contributed by atoms with van der Waals surface area (Å²) >= 11 is 15.3. The minimum atomic E-state index is -0.459. The van der Waals surface area contributed by atoms with Crippen molar-refractivity contribution in [3.05, 3.63) is 62.5 Å². The van der Waals surface area contributed by atoms with Crippen LogP contribution in [0.4, 0.5) is 5.69 Å². The molecule has 2 aromatic carbocycles. The zero-order valence-corrected chi connectivity index (χ0v) is 17.4. The molecule has 0 aromatic heterocycles. The third-order valence-corrected chi connectivity index (χ3v) is 4.64. The van der Waals surface area contributed by atoms with Gasteiger partial charge in [0.25, 0.3) is 5.91 Å². The maximum Gasteiger partial charge on any atom is 0.251 e. The summed E-state index contributed by atoms with van der Waals surface area (Å²) in [5, 5.41) is 5.69. The van der Waals surface area contributed by atoms with Crippen LogP contribution >= 0.6 is 39.1 Å². The molecule has 0 bridgehead atoms. The zero-order valence-electron chi connectivity index (χ0n) is 14.3. The number of hydrogen-bond donors (Lipinski definition) is 2. The number of carbonyl (C=O) groups excluding carboxylic acids is 3. The SMILES string of the molecule is CN(CC(=O)Nc1c(Cl)cccc1Cl)C(=O)CNC(=O)c1cccc(Br)c1. The molecule has 9 heteroatoms. The molecule has 0 saturated carbocycles. The smallest absolute Gasteiger partial charge is 0.251 e. The fourth-order valence-electron chi connectivity index (χ4n) is 2.12. The van der Waals surface area contributed by atoms with E-state index in [1.165, 1.54) is 11.9 Å². The van der Waals surface area contributed by atoms with E-state index in [1.807, 2.05) is 0 Å². The number of nitrogens with zero attached hydrogens (tertiary/aromatic N) is 1. The van der Waals surface area contributed by atoms with E-state index in [9.17, 15) is 14.4 Å². The lowest BCUT2D eigenvalue weighted by molar-refractivity contribution is -0.132. The third kappa shape index (κ3) is 6.23. The molecule has 0 atom stereocenters. The van der Waals surface area contributed by atoms with Gasteiger partial charge in [-0.1, -0.05) is 51.3 Å². The number of nitrogens with one attached hydrogen (secondary N) is 2. The summed E-state index contributed by atoms with van der Waals surface area (Å²) in [5.41, 5.74) is 0.709. The van der Waals surface area contributed by atoms with Crippen molar-refractivity contribution in [3.8, 4) is 0 Å². The Morgan fingerprint density at radius 1 is 1.07 bits per heavy atom. The molecule has 6 nitrogen and oxygen atoms in total. The first kappa shape index (κ1) is 21.2. The Bertz CT molecular complexity index is 856. The first-order chi connectivity index (χ1) is 12.8. The number of para-hydroxylation sites is 1. The average Bonchev–Trinajstić information content (AvgIpc) is 2.62. The van der Waals surface area contributed by atoms with Crippen LogP contribution < -0.4 is 10.6 Å². The molecule has 0 aliphatic heterocycles. The van der Waals surface area contributed by atoms with Gasteiger partial charge < -0.3 is 15.5 Å². The van der Waals surface area contributed by atoms with Gasteiger partial charge in [-0.3, -0.25) is 14.4 Å². The van der Waals surface area contributed by atoms with Crippen molar-refractivity contribution in [2.75, 3.05) is 25.5 Å². The molecule has 2 N–H and O–H groups in total. The van der Waals surface area contributed by atoms with Crippen LogP contribution in [-0.4, -0.2) is 42.8 Å². The second-order valence-corrected chi connectivity index (χ2v) is 7.32. The highest BCUT2D eigenvalue weighted by atomic mass is 79.9. The molecular weight excluding hydrogens is 457 g/mol. The zero-order chi connectivity index (χ0) is 20.0. The lowest BCUT2D eigenvalue weighted by atomic mass is 10.2. The average molecular weight is 473 g/mol. The molecule has 0 saturated heterocycles. The minimum Gasteiger partial charge on any atom is -0.343 e. The van der Waals surface area contributed by atoms with E-state index in [4.69, 9.17) is 23.2 Å². The van der Waals surface area contributed by atoms with Crippen LogP contribution in [0.3, 0.4) is 0 Å². The Kier molecular flexibility index (Phi) is 7.65. The number of anilines is 1. The predicted molar refractivity (Wildman–Crippen MR) is 109 cm³/mol. The van der Waals surface area contributed by atoms with Crippen molar-refractivity contribution < 1.29 is 14.4 Å². The maximum absolute atomic E-state index is 12.1. The Balaban J connectivity index is 1.86. The van der Waals surface area contributed by atoms with Gasteiger partial charge in [-0.15, -0.1) is 0 Å². The van der Waals surface area contributed by atoms with Gasteiger partial charge in [0.05, 0.1) is 28.8 Å². The van der Waals surface area contributed by atoms with Crippen LogP contribution in [-0.2, 0) is 9.59 Å². The van der Waals surface area contributed by atoms with E-state index in [2.05, 4.69) is 26.6 Å². The van der Waals surface area contributed by atoms with E-state index in [0.29, 0.717) is 15.6 Å². The normalized spacial score (nSPS) is 10.2. The monoisotopic (exact) mass is 471 g/mol. The topological polar surface area (TPSA) is 78.5 Å². The van der Waals surface area contributed by atoms with Gasteiger partial charge >= 0.3 is 0 Å². The highest BCUT2D eigenvalue weighted by molar-refractivity contribution is 9.10. The minimum absolute atomic E-state index is 0.215. The van der Waals surface area contributed by atoms with Gasteiger partial charge in [-0.2, -0.15) is 0 Å². The highest BCUT2D eigenvalue weighted by Gasteiger charge is 2.16. The lowest BCUT2D eigenvalue weighted by Crippen LogP contribution is -2.41. The molecule has 2 aromatic rings. The van der Waals surface area contributed by atoms with Crippen molar-refractivity contribution in [1.29, 1.82) is 0 Å². The van der Waals surface area contributed by atoms with Crippen molar-refractivity contribution in [2.24, 2.45) is 0 Å².